The van der Waals surface area contributed by atoms with Gasteiger partial charge < -0.3 is 24.3 Å². The summed E-state index contributed by atoms with van der Waals surface area (Å²) < 4.78 is 11.6. The summed E-state index contributed by atoms with van der Waals surface area (Å²) in [5.41, 5.74) is 1.50. The SMILES string of the molecule is CN(C(=O)/C=C/c1ccoc1)[C@@H]1C[C@@H]2Oc3c(O)ccc4c3[C@@]23CCN(CC2CC2)[C@H](C4)[C@]3(O)C1. The summed E-state index contributed by atoms with van der Waals surface area (Å²) >= 11 is 0. The first kappa shape index (κ1) is 21.5. The van der Waals surface area contributed by atoms with Gasteiger partial charge in [-0.1, -0.05) is 6.07 Å². The van der Waals surface area contributed by atoms with Gasteiger partial charge in [-0.25, -0.2) is 0 Å². The summed E-state index contributed by atoms with van der Waals surface area (Å²) in [4.78, 5) is 17.4. The predicted octanol–water partition coefficient (Wildman–Crippen LogP) is 3.09. The van der Waals surface area contributed by atoms with E-state index in [0.29, 0.717) is 18.6 Å². The Morgan fingerprint density at radius 2 is 2.17 bits per heavy atom. The second-order valence-corrected chi connectivity index (χ2v) is 11.3. The fraction of sp³-hybridized carbons (Fsp3) is 0.536. The fourth-order valence-electron chi connectivity index (χ4n) is 7.61. The number of phenolic OH excluding ortho intramolecular Hbond substituents is 1. The predicted molar refractivity (Wildman–Crippen MR) is 129 cm³/mol. The Bertz CT molecular complexity index is 1200. The molecule has 0 radical (unpaired) electrons. The first-order valence-corrected chi connectivity index (χ1v) is 12.9. The van der Waals surface area contributed by atoms with Gasteiger partial charge in [-0.15, -0.1) is 0 Å². The number of piperidine rings is 1. The molecule has 2 saturated carbocycles. The highest BCUT2D eigenvalue weighted by Crippen LogP contribution is 2.65. The molecule has 2 N–H and O–H groups in total. The van der Waals surface area contributed by atoms with Crippen LogP contribution in [0.2, 0.25) is 0 Å². The maximum atomic E-state index is 13.1. The Morgan fingerprint density at radius 1 is 1.31 bits per heavy atom. The number of aromatic hydroxyl groups is 1. The normalized spacial score (nSPS) is 35.1. The highest BCUT2D eigenvalue weighted by Gasteiger charge is 2.72. The molecule has 3 heterocycles. The van der Waals surface area contributed by atoms with Crippen LogP contribution < -0.4 is 4.74 Å². The van der Waals surface area contributed by atoms with Gasteiger partial charge in [0.1, 0.15) is 6.10 Å². The standard InChI is InChI=1S/C28H32N2O5/c1-29(24(32)7-4-18-8-11-34-16-18)20-13-23-27-9-10-30(15-17-2-3-17)22(28(27,33)14-20)12-19-5-6-21(31)26(35-23)25(19)27/h4-8,11,16-17,20,22-23,31,33H,2-3,9-10,12-15H2,1H3/b7-4+/t20-,22-,23+,27-,28-/m1/s1. The molecule has 0 unspecified atom stereocenters. The van der Waals surface area contributed by atoms with Crippen molar-refractivity contribution in [3.63, 3.8) is 0 Å². The van der Waals surface area contributed by atoms with Gasteiger partial charge in [0.25, 0.3) is 0 Å². The lowest BCUT2D eigenvalue weighted by atomic mass is 9.48. The Morgan fingerprint density at radius 3 is 2.94 bits per heavy atom. The van der Waals surface area contributed by atoms with Crippen LogP contribution in [0.4, 0.5) is 0 Å². The van der Waals surface area contributed by atoms with E-state index in [-0.39, 0.29) is 29.8 Å². The number of benzene rings is 1. The van der Waals surface area contributed by atoms with Crippen LogP contribution in [0.25, 0.3) is 6.08 Å². The smallest absolute Gasteiger partial charge is 0.246 e. The molecule has 3 aliphatic carbocycles. The van der Waals surface area contributed by atoms with Crippen LogP contribution >= 0.6 is 0 Å². The minimum absolute atomic E-state index is 0.0151. The van der Waals surface area contributed by atoms with E-state index in [0.717, 1.165) is 43.0 Å². The van der Waals surface area contributed by atoms with Crippen molar-refractivity contribution < 1.29 is 24.2 Å². The molecule has 3 fully saturated rings. The van der Waals surface area contributed by atoms with E-state index in [1.165, 1.54) is 18.4 Å². The molecule has 1 saturated heterocycles. The molecule has 7 nitrogen and oxygen atoms in total. The molecule has 5 aliphatic rings. The van der Waals surface area contributed by atoms with E-state index in [4.69, 9.17) is 9.15 Å². The first-order valence-electron chi connectivity index (χ1n) is 12.9. The zero-order valence-electron chi connectivity index (χ0n) is 20.0. The summed E-state index contributed by atoms with van der Waals surface area (Å²) in [6, 6.07) is 5.39. The Balaban J connectivity index is 1.26. The molecule has 7 heteroatoms. The number of furan rings is 1. The molecular weight excluding hydrogens is 444 g/mol. The van der Waals surface area contributed by atoms with Crippen LogP contribution in [-0.4, -0.2) is 69.8 Å². The largest absolute Gasteiger partial charge is 0.504 e. The summed E-state index contributed by atoms with van der Waals surface area (Å²) in [5, 5.41) is 23.4. The van der Waals surface area contributed by atoms with Crippen molar-refractivity contribution in [1.29, 1.82) is 0 Å². The third-order valence-electron chi connectivity index (χ3n) is 9.53. The highest BCUT2D eigenvalue weighted by atomic mass is 16.5. The lowest BCUT2D eigenvalue weighted by Crippen LogP contribution is -2.77. The van der Waals surface area contributed by atoms with Gasteiger partial charge in [0.05, 0.1) is 23.5 Å². The maximum Gasteiger partial charge on any atom is 0.246 e. The Labute approximate surface area is 205 Å². The maximum absolute atomic E-state index is 13.1. The number of likely N-dealkylation sites (tertiary alicyclic amines) is 1. The molecule has 1 aromatic heterocycles. The minimum Gasteiger partial charge on any atom is -0.504 e. The van der Waals surface area contributed by atoms with Crippen molar-refractivity contribution >= 4 is 12.0 Å². The highest BCUT2D eigenvalue weighted by molar-refractivity contribution is 5.91. The number of likely N-dealkylation sites (N-methyl/N-ethyl adjacent to an activating group) is 1. The van der Waals surface area contributed by atoms with Gasteiger partial charge >= 0.3 is 0 Å². The van der Waals surface area contributed by atoms with Gasteiger partial charge in [0.15, 0.2) is 11.5 Å². The third kappa shape index (κ3) is 2.94. The summed E-state index contributed by atoms with van der Waals surface area (Å²) in [7, 11) is 1.82. The van der Waals surface area contributed by atoms with E-state index < -0.39 is 11.0 Å². The number of rotatable bonds is 5. The lowest BCUT2D eigenvalue weighted by molar-refractivity contribution is -0.198. The monoisotopic (exact) mass is 476 g/mol. The summed E-state index contributed by atoms with van der Waals surface area (Å²) in [6.07, 6.45) is 11.5. The van der Waals surface area contributed by atoms with Crippen molar-refractivity contribution in [2.75, 3.05) is 20.1 Å². The summed E-state index contributed by atoms with van der Waals surface area (Å²) in [6.45, 7) is 1.96. The number of amides is 1. The van der Waals surface area contributed by atoms with Crippen molar-refractivity contribution in [2.24, 2.45) is 5.92 Å². The van der Waals surface area contributed by atoms with Crippen molar-refractivity contribution in [3.05, 3.63) is 53.5 Å². The third-order valence-corrected chi connectivity index (χ3v) is 9.53. The lowest BCUT2D eigenvalue weighted by Gasteiger charge is -2.64. The number of phenols is 1. The van der Waals surface area contributed by atoms with Gasteiger partial charge in [0, 0.05) is 49.3 Å². The molecule has 1 spiro atoms. The molecule has 5 atom stereocenters. The molecule has 1 amide bonds. The molecule has 184 valence electrons. The van der Waals surface area contributed by atoms with Gasteiger partial charge in [-0.2, -0.15) is 0 Å². The Kier molecular flexibility index (Phi) is 4.53. The molecule has 7 rings (SSSR count). The number of aliphatic hydroxyl groups is 1. The van der Waals surface area contributed by atoms with Crippen LogP contribution in [0.5, 0.6) is 11.5 Å². The van der Waals surface area contributed by atoms with Crippen LogP contribution in [0.1, 0.15) is 48.8 Å². The minimum atomic E-state index is -1.03. The van der Waals surface area contributed by atoms with Crippen molar-refractivity contribution in [2.45, 2.75) is 67.7 Å². The molecule has 2 aliphatic heterocycles. The number of ether oxygens (including phenoxy) is 1. The van der Waals surface area contributed by atoms with Crippen LogP contribution in [0.15, 0.2) is 41.2 Å². The van der Waals surface area contributed by atoms with E-state index >= 15 is 0 Å². The second-order valence-electron chi connectivity index (χ2n) is 11.3. The Hall–Kier alpha value is -2.77. The summed E-state index contributed by atoms with van der Waals surface area (Å²) in [5.74, 6) is 1.33. The van der Waals surface area contributed by atoms with E-state index in [2.05, 4.69) is 4.90 Å². The first-order chi connectivity index (χ1) is 16.9. The van der Waals surface area contributed by atoms with Crippen LogP contribution in [0.3, 0.4) is 0 Å². The van der Waals surface area contributed by atoms with Crippen LogP contribution in [-0.2, 0) is 16.6 Å². The van der Waals surface area contributed by atoms with Crippen molar-refractivity contribution in [1.82, 2.24) is 9.80 Å². The van der Waals surface area contributed by atoms with Crippen molar-refractivity contribution in [3.8, 4) is 11.5 Å². The van der Waals surface area contributed by atoms with Gasteiger partial charge in [-0.3, -0.25) is 9.69 Å². The topological polar surface area (TPSA) is 86.4 Å². The zero-order chi connectivity index (χ0) is 23.9. The number of carbonyl (C=O) groups excluding carboxylic acids is 1. The second kappa shape index (κ2) is 7.37. The fourth-order valence-corrected chi connectivity index (χ4v) is 7.61. The molecular formula is C28H32N2O5. The average molecular weight is 477 g/mol. The molecule has 2 aromatic rings. The number of hydrogen-bond donors (Lipinski definition) is 2. The molecule has 1 aromatic carbocycles. The van der Waals surface area contributed by atoms with Crippen LogP contribution in [0, 0.1) is 5.92 Å². The van der Waals surface area contributed by atoms with E-state index in [1.807, 2.05) is 19.2 Å². The van der Waals surface area contributed by atoms with Gasteiger partial charge in [-0.05, 0) is 68.3 Å². The van der Waals surface area contributed by atoms with E-state index in [9.17, 15) is 15.0 Å². The number of carbonyl (C=O) groups is 1. The number of hydrogen-bond acceptors (Lipinski definition) is 6. The number of nitrogens with zero attached hydrogens (tertiary/aromatic N) is 2. The zero-order valence-corrected chi connectivity index (χ0v) is 20.0. The van der Waals surface area contributed by atoms with E-state index in [1.54, 1.807) is 35.6 Å². The quantitative estimate of drug-likeness (QED) is 0.645. The average Bonchev–Trinajstić information content (AvgIpc) is 3.36. The molecule has 2 bridgehead atoms. The van der Waals surface area contributed by atoms with Gasteiger partial charge in [0.2, 0.25) is 5.91 Å². The molecule has 35 heavy (non-hydrogen) atoms.